The molecule has 1 aliphatic rings. The summed E-state index contributed by atoms with van der Waals surface area (Å²) in [4.78, 5) is 30.7. The van der Waals surface area contributed by atoms with Crippen molar-refractivity contribution in [2.24, 2.45) is 5.41 Å². The minimum Gasteiger partial charge on any atom is -0.493 e. The molecule has 1 fully saturated rings. The molecule has 0 atom stereocenters. The Hall–Kier alpha value is -4.18. The van der Waals surface area contributed by atoms with Gasteiger partial charge in [0.2, 0.25) is 0 Å². The third-order valence-electron chi connectivity index (χ3n) is 8.65. The van der Waals surface area contributed by atoms with Gasteiger partial charge in [-0.25, -0.2) is 8.78 Å². The molecule has 12 heteroatoms. The topological polar surface area (TPSA) is 110 Å². The highest BCUT2D eigenvalue weighted by molar-refractivity contribution is 7.53. The lowest BCUT2D eigenvalue weighted by molar-refractivity contribution is -0.133. The SMILES string of the molecule is CCOP(=O)(CCCCCOc1cc2c(Oc3ccc(CC(=O)C4(C(=O)Cc5ccc(F)cc5)CC4)cc3F)ccnc2cc1OC)OCC. The molecule has 0 radical (unpaired) electrons. The summed E-state index contributed by atoms with van der Waals surface area (Å²) in [5, 5.41) is 0.576. The third kappa shape index (κ3) is 9.13. The van der Waals surface area contributed by atoms with Crippen molar-refractivity contribution >= 4 is 30.1 Å². The fourth-order valence-electron chi connectivity index (χ4n) is 5.82. The van der Waals surface area contributed by atoms with Crippen molar-refractivity contribution in [3.8, 4) is 23.0 Å². The molecule has 0 aliphatic heterocycles. The standard InChI is InChI=1S/C38H42F2NO8P/c1-4-47-50(44,48-5-2)20-8-6-7-19-46-35-24-29-31(25-34(35)45-3)41-18-15-32(29)49-33-14-11-27(21-30(33)40)23-37(43)38(16-17-38)36(42)22-26-9-12-28(39)13-10-26/h9-15,18,21,24-25H,4-8,16-17,19-20,22-23H2,1-3H3. The largest absolute Gasteiger partial charge is 0.493 e. The van der Waals surface area contributed by atoms with Gasteiger partial charge < -0.3 is 23.3 Å². The first-order chi connectivity index (χ1) is 24.1. The van der Waals surface area contributed by atoms with Crippen LogP contribution in [0.25, 0.3) is 10.9 Å². The Morgan fingerprint density at radius 2 is 1.48 bits per heavy atom. The molecule has 3 aromatic carbocycles. The van der Waals surface area contributed by atoms with Crippen LogP contribution in [0.3, 0.4) is 0 Å². The number of rotatable bonds is 20. The van der Waals surface area contributed by atoms with Gasteiger partial charge in [0.05, 0.1) is 44.0 Å². The van der Waals surface area contributed by atoms with E-state index in [0.717, 1.165) is 6.42 Å². The molecular formula is C38H42F2NO8P. The van der Waals surface area contributed by atoms with Crippen molar-refractivity contribution in [3.63, 3.8) is 0 Å². The van der Waals surface area contributed by atoms with Crippen LogP contribution in [0.5, 0.6) is 23.0 Å². The molecule has 0 saturated heterocycles. The molecule has 1 aliphatic carbocycles. The average Bonchev–Trinajstić information content (AvgIpc) is 3.91. The third-order valence-corrected chi connectivity index (χ3v) is 10.8. The number of carbonyl (C=O) groups excluding carboxylic acids is 2. The van der Waals surface area contributed by atoms with Crippen LogP contribution >= 0.6 is 7.60 Å². The smallest absolute Gasteiger partial charge is 0.330 e. The van der Waals surface area contributed by atoms with Crippen molar-refractivity contribution in [2.75, 3.05) is 33.1 Å². The summed E-state index contributed by atoms with van der Waals surface area (Å²) in [5.41, 5.74) is 0.550. The molecule has 1 aromatic heterocycles. The molecule has 0 spiro atoms. The predicted octanol–water partition coefficient (Wildman–Crippen LogP) is 8.83. The lowest BCUT2D eigenvalue weighted by atomic mass is 9.88. The zero-order chi connectivity index (χ0) is 35.7. The maximum atomic E-state index is 15.4. The van der Waals surface area contributed by atoms with Crippen LogP contribution in [0.15, 0.2) is 66.9 Å². The van der Waals surface area contributed by atoms with Gasteiger partial charge in [-0.2, -0.15) is 0 Å². The molecule has 5 rings (SSSR count). The fraction of sp³-hybridized carbons (Fsp3) is 0.395. The maximum Gasteiger partial charge on any atom is 0.330 e. The highest BCUT2D eigenvalue weighted by atomic mass is 31.2. The second-order valence-electron chi connectivity index (χ2n) is 12.2. The number of hydrogen-bond acceptors (Lipinski definition) is 9. The van der Waals surface area contributed by atoms with Crippen molar-refractivity contribution < 1.29 is 46.2 Å². The number of fused-ring (bicyclic) bond motifs is 1. The lowest BCUT2D eigenvalue weighted by Crippen LogP contribution is -2.28. The molecule has 9 nitrogen and oxygen atoms in total. The van der Waals surface area contributed by atoms with Gasteiger partial charge in [-0.1, -0.05) is 18.2 Å². The molecule has 0 bridgehead atoms. The first kappa shape index (κ1) is 37.1. The normalized spacial score (nSPS) is 13.6. The van der Waals surface area contributed by atoms with Crippen molar-refractivity contribution in [2.45, 2.75) is 58.8 Å². The van der Waals surface area contributed by atoms with E-state index >= 15 is 4.39 Å². The van der Waals surface area contributed by atoms with E-state index in [-0.39, 0.29) is 30.2 Å². The quantitative estimate of drug-likeness (QED) is 0.0505. The van der Waals surface area contributed by atoms with Gasteiger partial charge in [-0.15, -0.1) is 0 Å². The molecule has 50 heavy (non-hydrogen) atoms. The molecule has 0 N–H and O–H groups in total. The number of nitrogens with zero attached hydrogens (tertiary/aromatic N) is 1. The Balaban J connectivity index is 1.21. The number of benzene rings is 3. The van der Waals surface area contributed by atoms with Gasteiger partial charge >= 0.3 is 7.60 Å². The van der Waals surface area contributed by atoms with Gasteiger partial charge in [0, 0.05) is 30.5 Å². The summed E-state index contributed by atoms with van der Waals surface area (Å²) in [6.07, 6.45) is 4.84. The van der Waals surface area contributed by atoms with Crippen LogP contribution in [0.2, 0.25) is 0 Å². The Bertz CT molecular complexity index is 1850. The first-order valence-corrected chi connectivity index (χ1v) is 18.6. The van der Waals surface area contributed by atoms with E-state index in [1.165, 1.54) is 43.5 Å². The minimum absolute atomic E-state index is 0.0414. The van der Waals surface area contributed by atoms with Gasteiger partial charge in [-0.3, -0.25) is 19.1 Å². The molecule has 1 heterocycles. The predicted molar refractivity (Wildman–Crippen MR) is 185 cm³/mol. The monoisotopic (exact) mass is 709 g/mol. The lowest BCUT2D eigenvalue weighted by Gasteiger charge is -2.17. The van der Waals surface area contributed by atoms with E-state index in [2.05, 4.69) is 4.98 Å². The van der Waals surface area contributed by atoms with Gasteiger partial charge in [0.15, 0.2) is 34.6 Å². The van der Waals surface area contributed by atoms with Gasteiger partial charge in [0.1, 0.15) is 11.6 Å². The van der Waals surface area contributed by atoms with Crippen LogP contribution in [0.4, 0.5) is 8.78 Å². The van der Waals surface area contributed by atoms with E-state index in [4.69, 9.17) is 23.3 Å². The molecule has 1 saturated carbocycles. The summed E-state index contributed by atoms with van der Waals surface area (Å²) < 4.78 is 69.6. The number of ether oxygens (including phenoxy) is 3. The van der Waals surface area contributed by atoms with Crippen LogP contribution in [0, 0.1) is 17.0 Å². The van der Waals surface area contributed by atoms with Crippen molar-refractivity contribution in [3.05, 3.63) is 89.6 Å². The van der Waals surface area contributed by atoms with Crippen LogP contribution in [-0.4, -0.2) is 49.6 Å². The Morgan fingerprint density at radius 1 is 0.800 bits per heavy atom. The molecule has 0 amide bonds. The van der Waals surface area contributed by atoms with E-state index in [0.29, 0.717) is 90.9 Å². The number of Topliss-reactive ketones (excluding diaryl/α,β-unsaturated/α-hetero) is 2. The zero-order valence-electron chi connectivity index (χ0n) is 28.5. The number of aromatic nitrogens is 1. The number of carbonyl (C=O) groups is 2. The molecular weight excluding hydrogens is 667 g/mol. The fourth-order valence-corrected chi connectivity index (χ4v) is 7.55. The number of ketones is 2. The maximum absolute atomic E-state index is 15.4. The summed E-state index contributed by atoms with van der Waals surface area (Å²) in [6, 6.07) is 15.0. The molecule has 0 unspecified atom stereocenters. The second-order valence-corrected chi connectivity index (χ2v) is 14.4. The van der Waals surface area contributed by atoms with Gasteiger partial charge in [0.25, 0.3) is 0 Å². The number of pyridine rings is 1. The second kappa shape index (κ2) is 16.7. The van der Waals surface area contributed by atoms with Crippen molar-refractivity contribution in [1.29, 1.82) is 0 Å². The minimum atomic E-state index is -3.08. The Kier molecular flexibility index (Phi) is 12.4. The Labute approximate surface area is 290 Å². The summed E-state index contributed by atoms with van der Waals surface area (Å²) in [6.45, 7) is 4.60. The number of halogens is 2. The molecule has 4 aromatic rings. The van der Waals surface area contributed by atoms with Gasteiger partial charge in [-0.05, 0) is 93.5 Å². The highest BCUT2D eigenvalue weighted by Gasteiger charge is 2.54. The van der Waals surface area contributed by atoms with E-state index < -0.39 is 24.6 Å². The molecule has 266 valence electrons. The van der Waals surface area contributed by atoms with Crippen molar-refractivity contribution in [1.82, 2.24) is 4.98 Å². The van der Waals surface area contributed by atoms with Crippen LogP contribution in [-0.2, 0) is 36.0 Å². The zero-order valence-corrected chi connectivity index (χ0v) is 29.4. The van der Waals surface area contributed by atoms with Crippen LogP contribution < -0.4 is 14.2 Å². The van der Waals surface area contributed by atoms with Crippen LogP contribution in [0.1, 0.15) is 57.1 Å². The average molecular weight is 710 g/mol. The summed E-state index contributed by atoms with van der Waals surface area (Å²) >= 11 is 0. The number of unbranched alkanes of at least 4 members (excludes halogenated alkanes) is 2. The highest BCUT2D eigenvalue weighted by Crippen LogP contribution is 2.50. The van der Waals surface area contributed by atoms with E-state index in [9.17, 15) is 18.5 Å². The summed E-state index contributed by atoms with van der Waals surface area (Å²) in [5.74, 6) is -0.275. The first-order valence-electron chi connectivity index (χ1n) is 16.8. The number of methoxy groups -OCH3 is 1. The van der Waals surface area contributed by atoms with E-state index in [1.807, 2.05) is 0 Å². The summed E-state index contributed by atoms with van der Waals surface area (Å²) in [7, 11) is -1.55. The van der Waals surface area contributed by atoms with E-state index in [1.54, 1.807) is 44.3 Å². The number of hydrogen-bond donors (Lipinski definition) is 0. The Morgan fingerprint density at radius 3 is 2.12 bits per heavy atom.